The Labute approximate surface area is 124 Å². The molecule has 0 saturated heterocycles. The number of nitrogens with zero attached hydrogens (tertiary/aromatic N) is 2. The Morgan fingerprint density at radius 2 is 1.86 bits per heavy atom. The van der Waals surface area contributed by atoms with Crippen LogP contribution in [0.4, 0.5) is 4.39 Å². The first kappa shape index (κ1) is 12.6. The van der Waals surface area contributed by atoms with Gasteiger partial charge >= 0.3 is 0 Å². The lowest BCUT2D eigenvalue weighted by molar-refractivity contribution is 0.103. The molecule has 0 radical (unpaired) electrons. The molecule has 22 heavy (non-hydrogen) atoms. The van der Waals surface area contributed by atoms with Gasteiger partial charge in [0, 0.05) is 10.9 Å². The zero-order chi connectivity index (χ0) is 15.1. The molecule has 2 heterocycles. The molecule has 0 aliphatic heterocycles. The first-order valence-corrected chi connectivity index (χ1v) is 6.76. The van der Waals surface area contributed by atoms with Gasteiger partial charge in [0.15, 0.2) is 5.82 Å². The number of H-pyrrole nitrogens is 1. The number of imidazole rings is 1. The van der Waals surface area contributed by atoms with Crippen molar-refractivity contribution >= 4 is 27.7 Å². The van der Waals surface area contributed by atoms with E-state index >= 15 is 0 Å². The third kappa shape index (κ3) is 1.95. The molecule has 5 heteroatoms. The van der Waals surface area contributed by atoms with Crippen LogP contribution in [0.1, 0.15) is 16.2 Å². The number of benzene rings is 2. The Hall–Kier alpha value is -3.08. The van der Waals surface area contributed by atoms with Crippen molar-refractivity contribution in [1.29, 1.82) is 0 Å². The summed E-state index contributed by atoms with van der Waals surface area (Å²) < 4.78 is 13.5. The van der Waals surface area contributed by atoms with E-state index in [4.69, 9.17) is 0 Å². The second kappa shape index (κ2) is 4.73. The second-order valence-electron chi connectivity index (χ2n) is 4.96. The fraction of sp³-hybridized carbons (Fsp3) is 0. The van der Waals surface area contributed by atoms with Gasteiger partial charge in [-0.05, 0) is 18.2 Å². The number of aromatic nitrogens is 3. The number of hydrogen-bond acceptors (Lipinski definition) is 3. The van der Waals surface area contributed by atoms with Crippen molar-refractivity contribution in [1.82, 2.24) is 15.0 Å². The zero-order valence-corrected chi connectivity index (χ0v) is 11.4. The lowest BCUT2D eigenvalue weighted by Crippen LogP contribution is -2.02. The molecule has 0 amide bonds. The van der Waals surface area contributed by atoms with Gasteiger partial charge in [-0.1, -0.05) is 30.3 Å². The highest BCUT2D eigenvalue weighted by Gasteiger charge is 2.15. The van der Waals surface area contributed by atoms with E-state index in [-0.39, 0.29) is 17.4 Å². The Balaban J connectivity index is 1.92. The second-order valence-corrected chi connectivity index (χ2v) is 4.96. The summed E-state index contributed by atoms with van der Waals surface area (Å²) in [6.45, 7) is 0. The largest absolute Gasteiger partial charge is 0.335 e. The molecule has 4 rings (SSSR count). The summed E-state index contributed by atoms with van der Waals surface area (Å²) in [5.41, 5.74) is 2.35. The average molecular weight is 291 g/mol. The minimum absolute atomic E-state index is 0.207. The van der Waals surface area contributed by atoms with Crippen LogP contribution in [0.2, 0.25) is 0 Å². The molecule has 0 aliphatic carbocycles. The highest BCUT2D eigenvalue weighted by molar-refractivity contribution is 6.10. The van der Waals surface area contributed by atoms with E-state index in [9.17, 15) is 9.18 Å². The molecule has 0 bridgehead atoms. The van der Waals surface area contributed by atoms with Crippen LogP contribution in [0.15, 0.2) is 54.7 Å². The summed E-state index contributed by atoms with van der Waals surface area (Å²) in [5, 5.41) is 0.608. The van der Waals surface area contributed by atoms with Gasteiger partial charge in [0.2, 0.25) is 5.78 Å². The number of carbonyl (C=O) groups excluding carboxylic acids is 1. The molecule has 1 N–H and O–H groups in total. The molecule has 0 unspecified atom stereocenters. The molecule has 106 valence electrons. The lowest BCUT2D eigenvalue weighted by atomic mass is 10.1. The number of pyridine rings is 1. The molecular weight excluding hydrogens is 281 g/mol. The van der Waals surface area contributed by atoms with Crippen LogP contribution in [-0.2, 0) is 0 Å². The van der Waals surface area contributed by atoms with Crippen molar-refractivity contribution in [3.8, 4) is 0 Å². The van der Waals surface area contributed by atoms with Gasteiger partial charge in [-0.2, -0.15) is 0 Å². The van der Waals surface area contributed by atoms with Gasteiger partial charge in [-0.3, -0.25) is 9.78 Å². The van der Waals surface area contributed by atoms with Crippen molar-refractivity contribution in [2.24, 2.45) is 0 Å². The predicted molar refractivity (Wildman–Crippen MR) is 81.2 cm³/mol. The molecule has 0 saturated carbocycles. The molecule has 4 nitrogen and oxygen atoms in total. The van der Waals surface area contributed by atoms with E-state index in [0.29, 0.717) is 27.5 Å². The Kier molecular flexibility index (Phi) is 2.72. The number of aromatic amines is 1. The highest BCUT2D eigenvalue weighted by Crippen LogP contribution is 2.23. The van der Waals surface area contributed by atoms with Crippen LogP contribution in [0.5, 0.6) is 0 Å². The summed E-state index contributed by atoms with van der Waals surface area (Å²) in [6.07, 6.45) is 1.58. The van der Waals surface area contributed by atoms with Gasteiger partial charge in [0.05, 0.1) is 17.2 Å². The summed E-state index contributed by atoms with van der Waals surface area (Å²) >= 11 is 0. The fourth-order valence-electron chi connectivity index (χ4n) is 2.47. The van der Waals surface area contributed by atoms with Gasteiger partial charge in [0.25, 0.3) is 0 Å². The van der Waals surface area contributed by atoms with Crippen molar-refractivity contribution in [2.75, 3.05) is 0 Å². The van der Waals surface area contributed by atoms with E-state index in [0.717, 1.165) is 0 Å². The number of ketones is 1. The zero-order valence-electron chi connectivity index (χ0n) is 11.4. The Bertz CT molecular complexity index is 1010. The highest BCUT2D eigenvalue weighted by atomic mass is 19.1. The maximum Gasteiger partial charge on any atom is 0.228 e. The lowest BCUT2D eigenvalue weighted by Gasteiger charge is -1.98. The number of rotatable bonds is 2. The number of nitrogens with one attached hydrogen (secondary N) is 1. The normalized spacial score (nSPS) is 11.1. The van der Waals surface area contributed by atoms with Crippen LogP contribution in [0.25, 0.3) is 21.9 Å². The summed E-state index contributed by atoms with van der Waals surface area (Å²) in [4.78, 5) is 23.9. The van der Waals surface area contributed by atoms with Crippen molar-refractivity contribution in [3.63, 3.8) is 0 Å². The molecular formula is C17H10FN3O. The monoisotopic (exact) mass is 291 g/mol. The minimum Gasteiger partial charge on any atom is -0.335 e. The van der Waals surface area contributed by atoms with Crippen molar-refractivity contribution in [3.05, 3.63) is 71.9 Å². The van der Waals surface area contributed by atoms with Crippen LogP contribution in [-0.4, -0.2) is 20.7 Å². The first-order valence-electron chi connectivity index (χ1n) is 6.76. The molecule has 0 aliphatic rings. The Morgan fingerprint density at radius 3 is 2.68 bits per heavy atom. The number of carbonyl (C=O) groups is 1. The van der Waals surface area contributed by atoms with E-state index in [1.807, 2.05) is 6.07 Å². The molecule has 4 aromatic rings. The SMILES string of the molecule is O=C(c1ccccc1)c1nc2cnc3ccc(F)cc3c2[nH]1. The maximum absolute atomic E-state index is 13.5. The first-order chi connectivity index (χ1) is 10.7. The third-order valence-corrected chi connectivity index (χ3v) is 3.54. The number of fused-ring (bicyclic) bond motifs is 3. The minimum atomic E-state index is -0.354. The van der Waals surface area contributed by atoms with Gasteiger partial charge in [0.1, 0.15) is 11.3 Å². The van der Waals surface area contributed by atoms with Gasteiger partial charge in [-0.15, -0.1) is 0 Å². The molecule has 2 aromatic heterocycles. The quantitative estimate of drug-likeness (QED) is 0.575. The van der Waals surface area contributed by atoms with E-state index in [1.54, 1.807) is 36.5 Å². The standard InChI is InChI=1S/C17H10FN3O/c18-11-6-7-13-12(8-11)15-14(9-19-13)20-17(21-15)16(22)10-4-2-1-3-5-10/h1-9H,(H,20,21). The predicted octanol–water partition coefficient (Wildman–Crippen LogP) is 3.48. The van der Waals surface area contributed by atoms with E-state index in [2.05, 4.69) is 15.0 Å². The molecule has 0 atom stereocenters. The number of hydrogen-bond donors (Lipinski definition) is 1. The Morgan fingerprint density at radius 1 is 1.05 bits per heavy atom. The van der Waals surface area contributed by atoms with Crippen molar-refractivity contribution < 1.29 is 9.18 Å². The summed E-state index contributed by atoms with van der Waals surface area (Å²) in [7, 11) is 0. The van der Waals surface area contributed by atoms with Crippen LogP contribution < -0.4 is 0 Å². The van der Waals surface area contributed by atoms with Crippen molar-refractivity contribution in [2.45, 2.75) is 0 Å². The van der Waals surface area contributed by atoms with Crippen LogP contribution in [0, 0.1) is 5.82 Å². The summed E-state index contributed by atoms with van der Waals surface area (Å²) in [5.74, 6) is -0.339. The summed E-state index contributed by atoms with van der Waals surface area (Å²) in [6, 6.07) is 13.2. The fourth-order valence-corrected chi connectivity index (χ4v) is 2.47. The van der Waals surface area contributed by atoms with E-state index < -0.39 is 0 Å². The van der Waals surface area contributed by atoms with E-state index in [1.165, 1.54) is 12.1 Å². The van der Waals surface area contributed by atoms with Crippen LogP contribution in [0.3, 0.4) is 0 Å². The third-order valence-electron chi connectivity index (χ3n) is 3.54. The topological polar surface area (TPSA) is 58.6 Å². The van der Waals surface area contributed by atoms with Gasteiger partial charge in [-0.25, -0.2) is 9.37 Å². The average Bonchev–Trinajstić information content (AvgIpc) is 2.99. The molecule has 0 spiro atoms. The van der Waals surface area contributed by atoms with Gasteiger partial charge < -0.3 is 4.98 Å². The smallest absolute Gasteiger partial charge is 0.228 e. The molecule has 0 fully saturated rings. The number of halogens is 1. The molecule has 2 aromatic carbocycles. The van der Waals surface area contributed by atoms with Crippen LogP contribution >= 0.6 is 0 Å². The maximum atomic E-state index is 13.5.